The molecule has 0 saturated carbocycles. The van der Waals surface area contributed by atoms with E-state index in [9.17, 15) is 14.0 Å². The molecule has 1 heterocycles. The molecule has 1 saturated heterocycles. The summed E-state index contributed by atoms with van der Waals surface area (Å²) < 4.78 is 14.3. The van der Waals surface area contributed by atoms with Gasteiger partial charge in [-0.15, -0.1) is 0 Å². The second-order valence-corrected chi connectivity index (χ2v) is 8.11. The first-order chi connectivity index (χ1) is 14.9. The van der Waals surface area contributed by atoms with Crippen molar-refractivity contribution < 1.29 is 14.0 Å². The number of rotatable bonds is 8. The molecule has 0 aromatic heterocycles. The maximum absolute atomic E-state index is 14.3. The maximum atomic E-state index is 14.3. The van der Waals surface area contributed by atoms with E-state index in [4.69, 9.17) is 0 Å². The van der Waals surface area contributed by atoms with Crippen molar-refractivity contribution in [1.82, 2.24) is 5.32 Å². The van der Waals surface area contributed by atoms with E-state index in [0.717, 1.165) is 25.2 Å². The number of benzene rings is 2. The molecular formula is C24H31FN4O2. The topological polar surface area (TPSA) is 64.7 Å². The molecule has 1 unspecified atom stereocenters. The molecule has 7 heteroatoms. The molecule has 0 bridgehead atoms. The number of carbonyl (C=O) groups is 2. The minimum absolute atomic E-state index is 0.188. The van der Waals surface area contributed by atoms with Crippen LogP contribution in [0.5, 0.6) is 0 Å². The van der Waals surface area contributed by atoms with Gasteiger partial charge in [-0.25, -0.2) is 4.39 Å². The van der Waals surface area contributed by atoms with Crippen LogP contribution in [0.15, 0.2) is 42.5 Å². The number of hydrogen-bond acceptors (Lipinski definition) is 4. The molecule has 1 fully saturated rings. The molecule has 2 aromatic rings. The van der Waals surface area contributed by atoms with Crippen LogP contribution >= 0.6 is 0 Å². The molecule has 166 valence electrons. The van der Waals surface area contributed by atoms with Crippen molar-refractivity contribution >= 4 is 28.9 Å². The smallest absolute Gasteiger partial charge is 0.252 e. The minimum atomic E-state index is -0.704. The lowest BCUT2D eigenvalue weighted by Crippen LogP contribution is -2.43. The molecule has 0 spiro atoms. The average Bonchev–Trinajstić information content (AvgIpc) is 3.28. The Morgan fingerprint density at radius 3 is 2.52 bits per heavy atom. The average molecular weight is 427 g/mol. The largest absolute Gasteiger partial charge is 0.375 e. The predicted molar refractivity (Wildman–Crippen MR) is 123 cm³/mol. The molecule has 1 aliphatic rings. The number of halogens is 1. The van der Waals surface area contributed by atoms with E-state index in [0.29, 0.717) is 17.8 Å². The fourth-order valence-electron chi connectivity index (χ4n) is 3.79. The summed E-state index contributed by atoms with van der Waals surface area (Å²) in [4.78, 5) is 29.5. The van der Waals surface area contributed by atoms with Crippen molar-refractivity contribution in [3.05, 3.63) is 53.8 Å². The van der Waals surface area contributed by atoms with Crippen molar-refractivity contribution in [2.24, 2.45) is 0 Å². The lowest BCUT2D eigenvalue weighted by molar-refractivity contribution is -0.118. The van der Waals surface area contributed by atoms with E-state index in [2.05, 4.69) is 15.5 Å². The Balaban J connectivity index is 1.68. The van der Waals surface area contributed by atoms with Gasteiger partial charge in [0, 0.05) is 44.1 Å². The molecular weight excluding hydrogens is 395 g/mol. The summed E-state index contributed by atoms with van der Waals surface area (Å²) in [6.45, 7) is 4.00. The van der Waals surface area contributed by atoms with E-state index in [-0.39, 0.29) is 11.5 Å². The SMILES string of the molecule is CCCC(NC(=O)c1ccc(N(C)C)c(F)c1)C(=O)Nc1cccc(N2CCCC2)c1. The lowest BCUT2D eigenvalue weighted by Gasteiger charge is -2.21. The van der Waals surface area contributed by atoms with Gasteiger partial charge in [0.05, 0.1) is 5.69 Å². The molecule has 3 rings (SSSR count). The Hall–Kier alpha value is -3.09. The lowest BCUT2D eigenvalue weighted by atomic mass is 10.1. The van der Waals surface area contributed by atoms with Gasteiger partial charge < -0.3 is 20.4 Å². The van der Waals surface area contributed by atoms with Crippen LogP contribution in [0.4, 0.5) is 21.5 Å². The second kappa shape index (κ2) is 10.3. The van der Waals surface area contributed by atoms with Crippen LogP contribution in [0.3, 0.4) is 0 Å². The van der Waals surface area contributed by atoms with Gasteiger partial charge in [-0.3, -0.25) is 9.59 Å². The summed E-state index contributed by atoms with van der Waals surface area (Å²) >= 11 is 0. The zero-order valence-corrected chi connectivity index (χ0v) is 18.5. The van der Waals surface area contributed by atoms with Crippen LogP contribution in [0, 0.1) is 5.82 Å². The highest BCUT2D eigenvalue weighted by Gasteiger charge is 2.22. The summed E-state index contributed by atoms with van der Waals surface area (Å²) in [6.07, 6.45) is 3.57. The molecule has 1 aliphatic heterocycles. The molecule has 2 aromatic carbocycles. The van der Waals surface area contributed by atoms with Gasteiger partial charge in [-0.05, 0) is 55.7 Å². The fourth-order valence-corrected chi connectivity index (χ4v) is 3.79. The molecule has 6 nitrogen and oxygen atoms in total. The molecule has 2 N–H and O–H groups in total. The van der Waals surface area contributed by atoms with Crippen LogP contribution in [0.2, 0.25) is 0 Å². The Bertz CT molecular complexity index is 926. The van der Waals surface area contributed by atoms with Gasteiger partial charge in [-0.2, -0.15) is 0 Å². The van der Waals surface area contributed by atoms with Crippen molar-refractivity contribution in [2.45, 2.75) is 38.6 Å². The molecule has 1 atom stereocenters. The number of hydrogen-bond donors (Lipinski definition) is 2. The first kappa shape index (κ1) is 22.6. The van der Waals surface area contributed by atoms with Crippen LogP contribution in [-0.2, 0) is 4.79 Å². The molecule has 31 heavy (non-hydrogen) atoms. The zero-order chi connectivity index (χ0) is 22.4. The number of anilines is 3. The number of nitrogens with zero attached hydrogens (tertiary/aromatic N) is 2. The van der Waals surface area contributed by atoms with Gasteiger partial charge in [0.15, 0.2) is 0 Å². The minimum Gasteiger partial charge on any atom is -0.375 e. The van der Waals surface area contributed by atoms with Crippen molar-refractivity contribution in [1.29, 1.82) is 0 Å². The Morgan fingerprint density at radius 2 is 1.87 bits per heavy atom. The van der Waals surface area contributed by atoms with E-state index in [1.807, 2.05) is 31.2 Å². The Labute approximate surface area is 183 Å². The zero-order valence-electron chi connectivity index (χ0n) is 18.5. The number of carbonyl (C=O) groups excluding carboxylic acids is 2. The maximum Gasteiger partial charge on any atom is 0.252 e. The summed E-state index contributed by atoms with van der Waals surface area (Å²) in [5.74, 6) is -1.23. The fraction of sp³-hybridized carbons (Fsp3) is 0.417. The molecule has 0 aliphatic carbocycles. The van der Waals surface area contributed by atoms with Crippen LogP contribution in [-0.4, -0.2) is 45.0 Å². The highest BCUT2D eigenvalue weighted by molar-refractivity contribution is 6.01. The molecule has 2 amide bonds. The highest BCUT2D eigenvalue weighted by Crippen LogP contribution is 2.23. The second-order valence-electron chi connectivity index (χ2n) is 8.11. The van der Waals surface area contributed by atoms with Crippen LogP contribution in [0.1, 0.15) is 43.0 Å². The van der Waals surface area contributed by atoms with E-state index in [1.165, 1.54) is 18.9 Å². The monoisotopic (exact) mass is 426 g/mol. The van der Waals surface area contributed by atoms with Gasteiger partial charge in [0.2, 0.25) is 5.91 Å². The Kier molecular flexibility index (Phi) is 7.50. The third-order valence-corrected chi connectivity index (χ3v) is 5.48. The first-order valence-electron chi connectivity index (χ1n) is 10.8. The Morgan fingerprint density at radius 1 is 1.13 bits per heavy atom. The standard InChI is InChI=1S/C24H31FN4O2/c1-4-8-21(27-23(30)17-11-12-22(28(2)3)20(25)15-17)24(31)26-18-9-7-10-19(16-18)29-13-5-6-14-29/h7,9-12,15-16,21H,4-6,8,13-14H2,1-3H3,(H,26,31)(H,27,30). The quantitative estimate of drug-likeness (QED) is 0.669. The first-order valence-corrected chi connectivity index (χ1v) is 10.8. The van der Waals surface area contributed by atoms with Crippen molar-refractivity contribution in [2.75, 3.05) is 42.3 Å². The predicted octanol–water partition coefficient (Wildman–Crippen LogP) is 4.03. The highest BCUT2D eigenvalue weighted by atomic mass is 19.1. The summed E-state index contributed by atoms with van der Waals surface area (Å²) in [7, 11) is 3.47. The normalized spacial score (nSPS) is 14.3. The van der Waals surface area contributed by atoms with E-state index < -0.39 is 17.8 Å². The van der Waals surface area contributed by atoms with Gasteiger partial charge in [0.1, 0.15) is 11.9 Å². The summed E-state index contributed by atoms with van der Waals surface area (Å²) in [5, 5.41) is 5.68. The third kappa shape index (κ3) is 5.75. The summed E-state index contributed by atoms with van der Waals surface area (Å²) in [6, 6.07) is 11.4. The number of amides is 2. The van der Waals surface area contributed by atoms with Crippen LogP contribution < -0.4 is 20.4 Å². The van der Waals surface area contributed by atoms with Crippen molar-refractivity contribution in [3.63, 3.8) is 0 Å². The van der Waals surface area contributed by atoms with Gasteiger partial charge >= 0.3 is 0 Å². The summed E-state index contributed by atoms with van der Waals surface area (Å²) in [5.41, 5.74) is 2.37. The third-order valence-electron chi connectivity index (χ3n) is 5.48. The van der Waals surface area contributed by atoms with Crippen molar-refractivity contribution in [3.8, 4) is 0 Å². The van der Waals surface area contributed by atoms with Gasteiger partial charge in [-0.1, -0.05) is 19.4 Å². The van der Waals surface area contributed by atoms with E-state index >= 15 is 0 Å². The van der Waals surface area contributed by atoms with Crippen LogP contribution in [0.25, 0.3) is 0 Å². The number of nitrogens with one attached hydrogen (secondary N) is 2. The van der Waals surface area contributed by atoms with Gasteiger partial charge in [0.25, 0.3) is 5.91 Å². The van der Waals surface area contributed by atoms with E-state index in [1.54, 1.807) is 31.1 Å². The molecule has 0 radical (unpaired) electrons.